The lowest BCUT2D eigenvalue weighted by molar-refractivity contribution is -0.133. The number of ether oxygens (including phenoxy) is 1. The zero-order valence-electron chi connectivity index (χ0n) is 13.4. The molecule has 0 atom stereocenters. The molecule has 2 aromatic rings. The smallest absolute Gasteiger partial charge is 0.313 e. The molecular weight excluding hydrogens is 330 g/mol. The van der Waals surface area contributed by atoms with Gasteiger partial charge in [-0.15, -0.1) is 11.8 Å². The van der Waals surface area contributed by atoms with E-state index in [2.05, 4.69) is 10.4 Å². The number of aryl methyl sites for hydroxylation is 1. The summed E-state index contributed by atoms with van der Waals surface area (Å²) in [4.78, 5) is 14.7. The second-order valence-corrected chi connectivity index (χ2v) is 5.83. The minimum Gasteiger partial charge on any atom is -0.496 e. The Morgan fingerprint density at radius 1 is 1.42 bits per heavy atom. The summed E-state index contributed by atoms with van der Waals surface area (Å²) >= 11 is 1.17. The van der Waals surface area contributed by atoms with Crippen LogP contribution in [0.25, 0.3) is 11.3 Å². The average molecular weight is 349 g/mol. The first-order valence-corrected chi connectivity index (χ1v) is 8.26. The molecule has 1 aromatic carbocycles. The van der Waals surface area contributed by atoms with E-state index in [0.717, 1.165) is 16.9 Å². The van der Waals surface area contributed by atoms with Gasteiger partial charge in [-0.25, -0.2) is 5.84 Å². The van der Waals surface area contributed by atoms with Crippen LogP contribution < -0.4 is 16.0 Å². The van der Waals surface area contributed by atoms with Crippen LogP contribution in [0.4, 0.5) is 0 Å². The van der Waals surface area contributed by atoms with Gasteiger partial charge < -0.3 is 19.7 Å². The number of nitrogens with one attached hydrogen (secondary N) is 1. The van der Waals surface area contributed by atoms with Crippen LogP contribution >= 0.6 is 11.8 Å². The van der Waals surface area contributed by atoms with Crippen molar-refractivity contribution in [2.75, 3.05) is 18.7 Å². The number of carboxylic acids is 1. The van der Waals surface area contributed by atoms with Crippen LogP contribution in [0.3, 0.4) is 0 Å². The normalized spacial score (nSPS) is 11.4. The molecule has 0 unspecified atom stereocenters. The van der Waals surface area contributed by atoms with Crippen LogP contribution in [0.2, 0.25) is 0 Å². The van der Waals surface area contributed by atoms with Crippen molar-refractivity contribution in [1.29, 1.82) is 0 Å². The summed E-state index contributed by atoms with van der Waals surface area (Å²) in [7, 11) is 1.63. The SMILES string of the molecule is COc1ccc(-c2ccc(/C(=N/CSCC(=O)O)NN)o2)cc1C. The van der Waals surface area contributed by atoms with Crippen molar-refractivity contribution >= 4 is 23.6 Å². The number of hydrazine groups is 1. The Labute approximate surface area is 143 Å². The summed E-state index contributed by atoms with van der Waals surface area (Å²) in [5.74, 6) is 7.18. The van der Waals surface area contributed by atoms with Crippen molar-refractivity contribution in [2.45, 2.75) is 6.92 Å². The first-order chi connectivity index (χ1) is 11.5. The van der Waals surface area contributed by atoms with Crippen molar-refractivity contribution in [2.24, 2.45) is 10.8 Å². The third-order valence-electron chi connectivity index (χ3n) is 3.19. The maximum atomic E-state index is 10.5. The average Bonchev–Trinajstić information content (AvgIpc) is 3.04. The van der Waals surface area contributed by atoms with E-state index in [-0.39, 0.29) is 11.6 Å². The number of thioether (sulfide) groups is 1. The number of aliphatic imine (C=N–C) groups is 1. The minimum atomic E-state index is -0.882. The Hall–Kier alpha value is -2.45. The summed E-state index contributed by atoms with van der Waals surface area (Å²) in [5, 5.41) is 8.61. The van der Waals surface area contributed by atoms with E-state index in [0.29, 0.717) is 17.4 Å². The highest BCUT2D eigenvalue weighted by Crippen LogP contribution is 2.27. The van der Waals surface area contributed by atoms with Gasteiger partial charge in [0.1, 0.15) is 11.5 Å². The number of hydrogen-bond acceptors (Lipinski definition) is 6. The van der Waals surface area contributed by atoms with Crippen molar-refractivity contribution in [3.8, 4) is 17.1 Å². The van der Waals surface area contributed by atoms with Crippen LogP contribution in [0.5, 0.6) is 5.75 Å². The van der Waals surface area contributed by atoms with Gasteiger partial charge in [-0.1, -0.05) is 0 Å². The fraction of sp³-hybridized carbons (Fsp3) is 0.250. The predicted molar refractivity (Wildman–Crippen MR) is 94.3 cm³/mol. The van der Waals surface area contributed by atoms with E-state index in [9.17, 15) is 4.79 Å². The van der Waals surface area contributed by atoms with Gasteiger partial charge in [-0.2, -0.15) is 0 Å². The Bertz CT molecular complexity index is 743. The number of methoxy groups -OCH3 is 1. The van der Waals surface area contributed by atoms with Crippen LogP contribution in [0, 0.1) is 6.92 Å². The van der Waals surface area contributed by atoms with Crippen LogP contribution in [-0.2, 0) is 4.79 Å². The third-order valence-corrected chi connectivity index (χ3v) is 3.96. The van der Waals surface area contributed by atoms with Crippen molar-refractivity contribution in [3.05, 3.63) is 41.7 Å². The van der Waals surface area contributed by atoms with E-state index in [1.807, 2.05) is 31.2 Å². The van der Waals surface area contributed by atoms with Gasteiger partial charge in [0.2, 0.25) is 0 Å². The van der Waals surface area contributed by atoms with Crippen LogP contribution in [0.15, 0.2) is 39.7 Å². The number of carboxylic acid groups (broad SMARTS) is 1. The molecule has 0 saturated carbocycles. The van der Waals surface area contributed by atoms with Gasteiger partial charge in [0.05, 0.1) is 18.7 Å². The summed E-state index contributed by atoms with van der Waals surface area (Å²) in [5.41, 5.74) is 4.39. The largest absolute Gasteiger partial charge is 0.496 e. The Morgan fingerprint density at radius 3 is 2.83 bits per heavy atom. The zero-order chi connectivity index (χ0) is 17.5. The van der Waals surface area contributed by atoms with Gasteiger partial charge >= 0.3 is 5.97 Å². The summed E-state index contributed by atoms with van der Waals surface area (Å²) < 4.78 is 11.0. The maximum Gasteiger partial charge on any atom is 0.313 e. The Morgan fingerprint density at radius 2 is 2.21 bits per heavy atom. The highest BCUT2D eigenvalue weighted by atomic mass is 32.2. The number of aliphatic carboxylic acids is 1. The molecule has 0 aliphatic rings. The third kappa shape index (κ3) is 4.53. The van der Waals surface area contributed by atoms with E-state index in [1.54, 1.807) is 13.2 Å². The second kappa shape index (κ2) is 8.42. The van der Waals surface area contributed by atoms with Crippen molar-refractivity contribution < 1.29 is 19.1 Å². The quantitative estimate of drug-likeness (QED) is 0.231. The number of furan rings is 1. The molecule has 4 N–H and O–H groups in total. The molecule has 1 heterocycles. The summed E-state index contributed by atoms with van der Waals surface area (Å²) in [6.07, 6.45) is 0. The molecule has 24 heavy (non-hydrogen) atoms. The zero-order valence-corrected chi connectivity index (χ0v) is 14.2. The van der Waals surface area contributed by atoms with E-state index in [1.165, 1.54) is 11.8 Å². The maximum absolute atomic E-state index is 10.5. The fourth-order valence-electron chi connectivity index (χ4n) is 2.09. The monoisotopic (exact) mass is 349 g/mol. The molecule has 0 aliphatic heterocycles. The Balaban J connectivity index is 2.14. The van der Waals surface area contributed by atoms with Gasteiger partial charge in [-0.3, -0.25) is 9.79 Å². The molecule has 0 amide bonds. The van der Waals surface area contributed by atoms with Gasteiger partial charge in [0.15, 0.2) is 11.6 Å². The van der Waals surface area contributed by atoms with Gasteiger partial charge in [0.25, 0.3) is 0 Å². The standard InChI is InChI=1S/C16H19N3O4S/c1-10-7-11(3-4-12(10)22-2)13-5-6-14(23-13)16(19-17)18-9-24-8-15(20)21/h3-7H,8-9,17H2,1-2H3,(H,18,19)(H,20,21). The van der Waals surface area contributed by atoms with Crippen LogP contribution in [-0.4, -0.2) is 35.7 Å². The number of benzene rings is 1. The molecule has 0 saturated heterocycles. The lowest BCUT2D eigenvalue weighted by Crippen LogP contribution is -2.31. The number of amidine groups is 1. The number of nitrogens with two attached hydrogens (primary N) is 1. The Kier molecular flexibility index (Phi) is 6.28. The number of hydrogen-bond donors (Lipinski definition) is 3. The molecule has 0 aliphatic carbocycles. The fourth-order valence-corrected chi connectivity index (χ4v) is 2.58. The van der Waals surface area contributed by atoms with Gasteiger partial charge in [-0.05, 0) is 42.8 Å². The molecular formula is C16H19N3O4S. The predicted octanol–water partition coefficient (Wildman–Crippen LogP) is 2.25. The van der Waals surface area contributed by atoms with E-state index < -0.39 is 5.97 Å². The molecule has 0 bridgehead atoms. The highest BCUT2D eigenvalue weighted by molar-refractivity contribution is 7.99. The van der Waals surface area contributed by atoms with Crippen LogP contribution in [0.1, 0.15) is 11.3 Å². The number of rotatable bonds is 7. The number of carbonyl (C=O) groups is 1. The molecule has 8 heteroatoms. The molecule has 1 aromatic heterocycles. The molecule has 0 fully saturated rings. The van der Waals surface area contributed by atoms with E-state index in [4.69, 9.17) is 20.1 Å². The minimum absolute atomic E-state index is 0.0180. The molecule has 128 valence electrons. The molecule has 2 rings (SSSR count). The summed E-state index contributed by atoms with van der Waals surface area (Å²) in [6, 6.07) is 9.34. The lowest BCUT2D eigenvalue weighted by Gasteiger charge is -2.06. The first kappa shape index (κ1) is 17.9. The van der Waals surface area contributed by atoms with E-state index >= 15 is 0 Å². The topological polar surface area (TPSA) is 110 Å². The first-order valence-electron chi connectivity index (χ1n) is 7.11. The van der Waals surface area contributed by atoms with Crippen molar-refractivity contribution in [3.63, 3.8) is 0 Å². The summed E-state index contributed by atoms with van der Waals surface area (Å²) in [6.45, 7) is 1.96. The van der Waals surface area contributed by atoms with Crippen molar-refractivity contribution in [1.82, 2.24) is 5.43 Å². The molecule has 7 nitrogen and oxygen atoms in total. The highest BCUT2D eigenvalue weighted by Gasteiger charge is 2.11. The molecule has 0 radical (unpaired) electrons. The molecule has 0 spiro atoms. The lowest BCUT2D eigenvalue weighted by atomic mass is 10.1. The number of nitrogens with zero attached hydrogens (tertiary/aromatic N) is 1. The second-order valence-electron chi connectivity index (χ2n) is 4.87. The van der Waals surface area contributed by atoms with Gasteiger partial charge in [0, 0.05) is 5.56 Å².